The number of nitrogens with one attached hydrogen (secondary N) is 1. The number of nitrogens with zero attached hydrogens (tertiary/aromatic N) is 3. The van der Waals surface area contributed by atoms with E-state index >= 15 is 0 Å². The molecule has 3 heterocycles. The van der Waals surface area contributed by atoms with Gasteiger partial charge in [-0.3, -0.25) is 4.79 Å². The van der Waals surface area contributed by atoms with Crippen LogP contribution < -0.4 is 5.32 Å². The molecule has 0 radical (unpaired) electrons. The molecule has 0 aromatic heterocycles. The van der Waals surface area contributed by atoms with Gasteiger partial charge in [0.25, 0.3) is 0 Å². The zero-order chi connectivity index (χ0) is 23.5. The summed E-state index contributed by atoms with van der Waals surface area (Å²) in [5.41, 5.74) is 0.813. The van der Waals surface area contributed by atoms with Crippen LogP contribution in [0, 0.1) is 17.3 Å². The minimum absolute atomic E-state index is 0.0416. The first kappa shape index (κ1) is 26.1. The van der Waals surface area contributed by atoms with E-state index < -0.39 is 5.54 Å². The highest BCUT2D eigenvalue weighted by atomic mass is 127. The lowest BCUT2D eigenvalue weighted by atomic mass is 9.71. The van der Waals surface area contributed by atoms with Gasteiger partial charge in [-0.2, -0.15) is 0 Å². The van der Waals surface area contributed by atoms with E-state index in [2.05, 4.69) is 57.0 Å². The van der Waals surface area contributed by atoms with E-state index in [4.69, 9.17) is 0 Å². The monoisotopic (exact) mass is 558 g/mol. The summed E-state index contributed by atoms with van der Waals surface area (Å²) >= 11 is 2.45. The molecule has 0 aromatic carbocycles. The highest BCUT2D eigenvalue weighted by Gasteiger charge is 2.49. The van der Waals surface area contributed by atoms with Crippen molar-refractivity contribution < 1.29 is 9.59 Å². The van der Waals surface area contributed by atoms with E-state index in [0.29, 0.717) is 24.4 Å². The molecule has 32 heavy (non-hydrogen) atoms. The maximum atomic E-state index is 13.5. The van der Waals surface area contributed by atoms with Crippen molar-refractivity contribution in [2.45, 2.75) is 71.9 Å². The summed E-state index contributed by atoms with van der Waals surface area (Å²) in [6, 6.07) is -0.337. The Morgan fingerprint density at radius 1 is 1.12 bits per heavy atom. The summed E-state index contributed by atoms with van der Waals surface area (Å²) < 4.78 is 2.41. The number of carbonyl (C=O) groups is 2. The molecular weight excluding hydrogens is 515 g/mol. The Kier molecular flexibility index (Phi) is 8.83. The molecule has 3 fully saturated rings. The Labute approximate surface area is 209 Å². The molecule has 182 valence electrons. The Morgan fingerprint density at radius 3 is 2.25 bits per heavy atom. The SMILES string of the molecule is CC(C)=C[C@@H]1NCCN([C@@](C=O)(CN2CCC3(CCN(I)CC3)CC2)[C@@H](C)C(C)C)C1=O. The van der Waals surface area contributed by atoms with Gasteiger partial charge in [0.15, 0.2) is 0 Å². The van der Waals surface area contributed by atoms with Crippen LogP contribution in [0.25, 0.3) is 0 Å². The normalized spacial score (nSPS) is 27.9. The summed E-state index contributed by atoms with van der Waals surface area (Å²) in [7, 11) is 0. The van der Waals surface area contributed by atoms with Crippen LogP contribution in [-0.4, -0.2) is 82.5 Å². The molecule has 1 amide bonds. The molecule has 3 aliphatic rings. The Hall–Kier alpha value is -0.510. The first-order chi connectivity index (χ1) is 15.1. The van der Waals surface area contributed by atoms with Crippen LogP contribution in [0.3, 0.4) is 0 Å². The minimum atomic E-state index is -0.781. The summed E-state index contributed by atoms with van der Waals surface area (Å²) in [4.78, 5) is 30.8. The third-order valence-corrected chi connectivity index (χ3v) is 9.35. The van der Waals surface area contributed by atoms with Crippen LogP contribution >= 0.6 is 22.9 Å². The summed E-state index contributed by atoms with van der Waals surface area (Å²) in [6.45, 7) is 16.9. The number of likely N-dealkylation sites (tertiary alicyclic amines) is 1. The standard InChI is InChI=1S/C25H43IN4O2/c1-19(2)16-22-23(32)30(15-10-27-22)25(18-31,21(5)20(3)4)17-28-11-6-24(7-12-28)8-13-29(26)14-9-24/h16,18,20-22,27H,6-15,17H2,1-5H3/t21-,22-,25+/m0/s1. The maximum absolute atomic E-state index is 13.5. The number of hydrogen-bond donors (Lipinski definition) is 1. The largest absolute Gasteiger partial charge is 0.326 e. The Morgan fingerprint density at radius 2 is 1.72 bits per heavy atom. The molecule has 0 saturated carbocycles. The van der Waals surface area contributed by atoms with Crippen LogP contribution in [-0.2, 0) is 9.59 Å². The van der Waals surface area contributed by atoms with Gasteiger partial charge in [-0.1, -0.05) is 32.4 Å². The van der Waals surface area contributed by atoms with Crippen LogP contribution in [0.4, 0.5) is 0 Å². The van der Waals surface area contributed by atoms with Crippen molar-refractivity contribution >= 4 is 35.1 Å². The van der Waals surface area contributed by atoms with Gasteiger partial charge in [0, 0.05) is 55.6 Å². The fourth-order valence-electron chi connectivity index (χ4n) is 5.83. The number of piperidine rings is 2. The van der Waals surface area contributed by atoms with Crippen molar-refractivity contribution in [1.29, 1.82) is 0 Å². The van der Waals surface area contributed by atoms with Crippen LogP contribution in [0.2, 0.25) is 0 Å². The highest BCUT2D eigenvalue weighted by molar-refractivity contribution is 14.1. The lowest BCUT2D eigenvalue weighted by Gasteiger charge is -2.52. The van der Waals surface area contributed by atoms with E-state index in [9.17, 15) is 9.59 Å². The molecule has 0 unspecified atom stereocenters. The van der Waals surface area contributed by atoms with Gasteiger partial charge >= 0.3 is 0 Å². The van der Waals surface area contributed by atoms with Gasteiger partial charge in [-0.05, 0) is 69.9 Å². The molecule has 1 spiro atoms. The predicted molar refractivity (Wildman–Crippen MR) is 139 cm³/mol. The first-order valence-electron chi connectivity index (χ1n) is 12.4. The quantitative estimate of drug-likeness (QED) is 0.225. The number of allylic oxidation sites excluding steroid dienone is 1. The fraction of sp³-hybridized carbons (Fsp3) is 0.840. The highest BCUT2D eigenvalue weighted by Crippen LogP contribution is 2.43. The van der Waals surface area contributed by atoms with E-state index in [1.165, 1.54) is 38.8 Å². The molecule has 3 aliphatic heterocycles. The zero-order valence-electron chi connectivity index (χ0n) is 20.7. The third-order valence-electron chi connectivity index (χ3n) is 8.39. The fourth-order valence-corrected chi connectivity index (χ4v) is 6.31. The minimum Gasteiger partial charge on any atom is -0.326 e. The van der Waals surface area contributed by atoms with E-state index in [0.717, 1.165) is 31.5 Å². The number of aldehydes is 1. The lowest BCUT2D eigenvalue weighted by molar-refractivity contribution is -0.151. The van der Waals surface area contributed by atoms with Crippen molar-refractivity contribution in [1.82, 2.24) is 18.2 Å². The van der Waals surface area contributed by atoms with Gasteiger partial charge in [-0.15, -0.1) is 0 Å². The number of hydrogen-bond acceptors (Lipinski definition) is 5. The Bertz CT molecular complexity index is 690. The number of piperazine rings is 1. The average molecular weight is 559 g/mol. The third kappa shape index (κ3) is 5.58. The zero-order valence-corrected chi connectivity index (χ0v) is 22.9. The van der Waals surface area contributed by atoms with Crippen LogP contribution in [0.5, 0.6) is 0 Å². The summed E-state index contributed by atoms with van der Waals surface area (Å²) in [6.07, 6.45) is 8.09. The van der Waals surface area contributed by atoms with Crippen LogP contribution in [0.15, 0.2) is 11.6 Å². The number of halogens is 1. The first-order valence-corrected chi connectivity index (χ1v) is 13.4. The summed E-state index contributed by atoms with van der Waals surface area (Å²) in [5, 5.41) is 3.34. The number of amides is 1. The molecule has 6 nitrogen and oxygen atoms in total. The molecule has 0 aromatic rings. The van der Waals surface area contributed by atoms with E-state index in [1.807, 2.05) is 24.8 Å². The van der Waals surface area contributed by atoms with Crippen molar-refractivity contribution in [2.24, 2.45) is 17.3 Å². The average Bonchev–Trinajstić information content (AvgIpc) is 2.76. The van der Waals surface area contributed by atoms with Gasteiger partial charge in [0.2, 0.25) is 5.91 Å². The van der Waals surface area contributed by atoms with Gasteiger partial charge in [-0.25, -0.2) is 3.11 Å². The Balaban J connectivity index is 1.80. The van der Waals surface area contributed by atoms with Crippen molar-refractivity contribution in [3.63, 3.8) is 0 Å². The molecule has 7 heteroatoms. The number of rotatable bonds is 7. The van der Waals surface area contributed by atoms with Crippen LogP contribution in [0.1, 0.15) is 60.3 Å². The van der Waals surface area contributed by atoms with Crippen molar-refractivity contribution in [2.75, 3.05) is 45.8 Å². The molecular formula is C25H43IN4O2. The second-order valence-electron chi connectivity index (χ2n) is 11.0. The smallest absolute Gasteiger partial charge is 0.244 e. The molecule has 1 N–H and O–H groups in total. The number of carbonyl (C=O) groups excluding carboxylic acids is 2. The van der Waals surface area contributed by atoms with E-state index in [1.54, 1.807) is 0 Å². The molecule has 3 rings (SSSR count). The van der Waals surface area contributed by atoms with E-state index in [-0.39, 0.29) is 17.9 Å². The van der Waals surface area contributed by atoms with Gasteiger partial charge in [0.1, 0.15) is 17.9 Å². The van der Waals surface area contributed by atoms with Gasteiger partial charge in [0.05, 0.1) is 0 Å². The molecule has 0 bridgehead atoms. The van der Waals surface area contributed by atoms with Crippen molar-refractivity contribution in [3.05, 3.63) is 11.6 Å². The lowest BCUT2D eigenvalue weighted by Crippen LogP contribution is -2.69. The predicted octanol–water partition coefficient (Wildman–Crippen LogP) is 3.51. The molecule has 3 atom stereocenters. The molecule has 3 saturated heterocycles. The van der Waals surface area contributed by atoms with Crippen molar-refractivity contribution in [3.8, 4) is 0 Å². The summed E-state index contributed by atoms with van der Waals surface area (Å²) in [5.74, 6) is 0.446. The second-order valence-corrected chi connectivity index (χ2v) is 12.4. The second kappa shape index (κ2) is 10.8. The van der Waals surface area contributed by atoms with Gasteiger partial charge < -0.3 is 19.9 Å². The maximum Gasteiger partial charge on any atom is 0.244 e. The topological polar surface area (TPSA) is 55.9 Å². The molecule has 0 aliphatic carbocycles.